The lowest BCUT2D eigenvalue weighted by Crippen LogP contribution is -2.45. The molecule has 0 aromatic rings. The van der Waals surface area contributed by atoms with Gasteiger partial charge in [0.15, 0.2) is 0 Å². The lowest BCUT2D eigenvalue weighted by Gasteiger charge is -2.25. The van der Waals surface area contributed by atoms with Crippen LogP contribution in [0.3, 0.4) is 0 Å². The van der Waals surface area contributed by atoms with Crippen molar-refractivity contribution in [2.24, 2.45) is 0 Å². The Morgan fingerprint density at radius 2 is 0.909 bits per heavy atom. The molecule has 66 heavy (non-hydrogen) atoms. The monoisotopic (exact) mass is 948 g/mol. The molecule has 0 aliphatic rings. The molecule has 8 nitrogen and oxygen atoms in total. The Morgan fingerprint density at radius 3 is 1.36 bits per heavy atom. The normalized spacial score (nSPS) is 14.5. The molecule has 0 fully saturated rings. The van der Waals surface area contributed by atoms with E-state index in [0.29, 0.717) is 17.4 Å². The van der Waals surface area contributed by atoms with Crippen LogP contribution in [0.2, 0.25) is 0 Å². The van der Waals surface area contributed by atoms with Gasteiger partial charge in [-0.2, -0.15) is 0 Å². The molecule has 0 saturated carbocycles. The summed E-state index contributed by atoms with van der Waals surface area (Å²) in [7, 11) is 1.55. The number of nitrogens with zero attached hydrogens (tertiary/aromatic N) is 1. The maximum Gasteiger partial charge on any atom is 0.472 e. The highest BCUT2D eigenvalue weighted by Gasteiger charge is 2.27. The molecule has 3 N–H and O–H groups in total. The van der Waals surface area contributed by atoms with Crippen molar-refractivity contribution in [3.05, 3.63) is 60.8 Å². The van der Waals surface area contributed by atoms with Gasteiger partial charge in [0.05, 0.1) is 39.9 Å². The second-order valence-corrected chi connectivity index (χ2v) is 21.4. The minimum atomic E-state index is -4.34. The minimum Gasteiger partial charge on any atom is -0.387 e. The van der Waals surface area contributed by atoms with Crippen LogP contribution in [0.4, 0.5) is 0 Å². The minimum absolute atomic E-state index is 0.0553. The predicted molar refractivity (Wildman–Crippen MR) is 286 cm³/mol. The summed E-state index contributed by atoms with van der Waals surface area (Å²) in [6, 6.07) is -0.860. The largest absolute Gasteiger partial charge is 0.472 e. The lowest BCUT2D eigenvalue weighted by molar-refractivity contribution is -0.870. The number of phosphoric acid groups is 1. The van der Waals surface area contributed by atoms with E-state index in [0.717, 1.165) is 57.8 Å². The van der Waals surface area contributed by atoms with Gasteiger partial charge in [0.1, 0.15) is 13.2 Å². The van der Waals surface area contributed by atoms with Crippen LogP contribution >= 0.6 is 7.82 Å². The van der Waals surface area contributed by atoms with Gasteiger partial charge < -0.3 is 19.8 Å². The van der Waals surface area contributed by atoms with Gasteiger partial charge in [0.25, 0.3) is 0 Å². The fraction of sp³-hybridized carbons (Fsp3) is 0.807. The van der Waals surface area contributed by atoms with Crippen molar-refractivity contribution in [3.8, 4) is 0 Å². The smallest absolute Gasteiger partial charge is 0.387 e. The van der Waals surface area contributed by atoms with E-state index in [1.165, 1.54) is 167 Å². The third-order valence-corrected chi connectivity index (χ3v) is 13.2. The molecule has 0 saturated heterocycles. The maximum absolute atomic E-state index is 12.8. The number of aliphatic hydroxyl groups is 1. The number of aliphatic hydroxyl groups excluding tert-OH is 1. The van der Waals surface area contributed by atoms with E-state index in [2.05, 4.69) is 67.8 Å². The van der Waals surface area contributed by atoms with E-state index in [1.807, 2.05) is 27.2 Å². The molecule has 0 aromatic heterocycles. The van der Waals surface area contributed by atoms with Crippen LogP contribution in [0.25, 0.3) is 0 Å². The molecule has 386 valence electrons. The van der Waals surface area contributed by atoms with Crippen molar-refractivity contribution in [2.75, 3.05) is 40.9 Å². The van der Waals surface area contributed by atoms with Crippen LogP contribution in [0, 0.1) is 0 Å². The highest BCUT2D eigenvalue weighted by Crippen LogP contribution is 2.43. The summed E-state index contributed by atoms with van der Waals surface area (Å²) in [4.78, 5) is 23.1. The number of nitrogens with one attached hydrogen (secondary N) is 1. The predicted octanol–water partition coefficient (Wildman–Crippen LogP) is 16.5. The first-order chi connectivity index (χ1) is 32.0. The summed E-state index contributed by atoms with van der Waals surface area (Å²) < 4.78 is 23.5. The summed E-state index contributed by atoms with van der Waals surface area (Å²) in [5, 5.41) is 13.7. The van der Waals surface area contributed by atoms with Crippen molar-refractivity contribution in [2.45, 2.75) is 257 Å². The Bertz CT molecular complexity index is 1260. The molecule has 0 radical (unpaired) electrons. The Kier molecular flexibility index (Phi) is 46.9. The summed E-state index contributed by atoms with van der Waals surface area (Å²) in [5.74, 6) is -0.190. The molecule has 9 heteroatoms. The quantitative estimate of drug-likeness (QED) is 0.0243. The van der Waals surface area contributed by atoms with Crippen LogP contribution in [0.5, 0.6) is 0 Å². The summed E-state index contributed by atoms with van der Waals surface area (Å²) in [6.07, 6.45) is 65.2. The highest BCUT2D eigenvalue weighted by molar-refractivity contribution is 7.47. The molecule has 0 spiro atoms. The Balaban J connectivity index is 3.81. The number of allylic oxidation sites excluding steroid dienone is 9. The molecular formula is C57H108N2O6P+. The number of hydrogen-bond donors (Lipinski definition) is 3. The lowest BCUT2D eigenvalue weighted by atomic mass is 10.0. The van der Waals surface area contributed by atoms with E-state index < -0.39 is 20.0 Å². The van der Waals surface area contributed by atoms with Crippen LogP contribution in [-0.4, -0.2) is 73.4 Å². The van der Waals surface area contributed by atoms with Crippen molar-refractivity contribution < 1.29 is 32.9 Å². The van der Waals surface area contributed by atoms with Crippen LogP contribution in [-0.2, 0) is 18.4 Å². The van der Waals surface area contributed by atoms with Gasteiger partial charge >= 0.3 is 7.82 Å². The van der Waals surface area contributed by atoms with E-state index >= 15 is 0 Å². The standard InChI is InChI=1S/C57H107N2O6P/c1-6-8-10-12-14-15-16-17-18-19-20-21-22-23-24-25-26-27-28-29-30-31-32-33-34-35-36-37-38-39-40-41-42-43-45-47-49-51-57(61)58-55(56(60)50-48-46-44-13-11-9-7-2)54-65-66(62,63)64-53-52-59(3,4)5/h11,13,16-17,19-20,22-23,48,50,55-56,60H,6-10,12,14-15,18,21,24-47,49,51-54H2,1-5H3,(H-,58,61,62,63)/p+1/b13-11+,17-16-,20-19-,23-22-,50-48+. The molecule has 0 bridgehead atoms. The topological polar surface area (TPSA) is 105 Å². The number of amides is 1. The van der Waals surface area contributed by atoms with Gasteiger partial charge in [-0.1, -0.05) is 235 Å². The van der Waals surface area contributed by atoms with Crippen LogP contribution < -0.4 is 5.32 Å². The first-order valence-corrected chi connectivity index (χ1v) is 29.2. The molecule has 0 heterocycles. The first kappa shape index (κ1) is 64.2. The van der Waals surface area contributed by atoms with E-state index in [-0.39, 0.29) is 19.1 Å². The second-order valence-electron chi connectivity index (χ2n) is 19.9. The fourth-order valence-corrected chi connectivity index (χ4v) is 8.57. The SMILES string of the molecule is CCC/C=C/CC/C=C/C(O)C(COP(=O)(O)OCC[N+](C)(C)C)NC(=O)CCCCCCCCCCCCCCCCCCCCCCCC/C=C\C/C=C\C/C=C\CCCCCCC. The molecule has 0 rings (SSSR count). The van der Waals surface area contributed by atoms with Crippen molar-refractivity contribution in [1.29, 1.82) is 0 Å². The fourth-order valence-electron chi connectivity index (χ4n) is 7.84. The van der Waals surface area contributed by atoms with Gasteiger partial charge in [-0.25, -0.2) is 4.57 Å². The zero-order chi connectivity index (χ0) is 48.5. The Morgan fingerprint density at radius 1 is 0.515 bits per heavy atom. The molecule has 1 amide bonds. The van der Waals surface area contributed by atoms with Crippen LogP contribution in [0.1, 0.15) is 245 Å². The van der Waals surface area contributed by atoms with Gasteiger partial charge in [-0.3, -0.25) is 13.8 Å². The number of carbonyl (C=O) groups excluding carboxylic acids is 1. The molecule has 3 atom stereocenters. The van der Waals surface area contributed by atoms with E-state index in [1.54, 1.807) is 6.08 Å². The average molecular weight is 948 g/mol. The van der Waals surface area contributed by atoms with Gasteiger partial charge in [-0.15, -0.1) is 0 Å². The number of carbonyl (C=O) groups is 1. The average Bonchev–Trinajstić information content (AvgIpc) is 3.28. The van der Waals surface area contributed by atoms with Gasteiger partial charge in [0, 0.05) is 6.42 Å². The number of likely N-dealkylation sites (N-methyl/N-ethyl adjacent to an activating group) is 1. The van der Waals surface area contributed by atoms with E-state index in [9.17, 15) is 19.4 Å². The van der Waals surface area contributed by atoms with Gasteiger partial charge in [-0.05, 0) is 64.2 Å². The summed E-state index contributed by atoms with van der Waals surface area (Å²) in [5.41, 5.74) is 0. The molecule has 3 unspecified atom stereocenters. The first-order valence-electron chi connectivity index (χ1n) is 27.7. The third-order valence-electron chi connectivity index (χ3n) is 12.2. The maximum atomic E-state index is 12.8. The van der Waals surface area contributed by atoms with Crippen molar-refractivity contribution >= 4 is 13.7 Å². The number of hydrogen-bond acceptors (Lipinski definition) is 5. The molecule has 0 aliphatic carbocycles. The highest BCUT2D eigenvalue weighted by atomic mass is 31.2. The zero-order valence-electron chi connectivity index (χ0n) is 43.9. The second kappa shape index (κ2) is 48.2. The van der Waals surface area contributed by atoms with Crippen molar-refractivity contribution in [3.63, 3.8) is 0 Å². The zero-order valence-corrected chi connectivity index (χ0v) is 44.8. The summed E-state index contributed by atoms with van der Waals surface area (Å²) in [6.45, 7) is 4.67. The molecule has 0 aromatic carbocycles. The molecular weight excluding hydrogens is 840 g/mol. The van der Waals surface area contributed by atoms with Gasteiger partial charge in [0.2, 0.25) is 5.91 Å². The number of unbranched alkanes of at least 4 members (excludes halogenated alkanes) is 29. The number of rotatable bonds is 50. The third kappa shape index (κ3) is 50.1. The van der Waals surface area contributed by atoms with Crippen LogP contribution in [0.15, 0.2) is 60.8 Å². The Labute approximate surface area is 409 Å². The van der Waals surface area contributed by atoms with E-state index in [4.69, 9.17) is 9.05 Å². The number of quaternary nitrogens is 1. The van der Waals surface area contributed by atoms with Crippen molar-refractivity contribution in [1.82, 2.24) is 5.32 Å². The number of phosphoric ester groups is 1. The Hall–Kier alpha value is -1.80. The molecule has 0 aliphatic heterocycles. The summed E-state index contributed by atoms with van der Waals surface area (Å²) >= 11 is 0.